The molecule has 0 aromatic heterocycles. The minimum absolute atomic E-state index is 0.322. The molecule has 0 spiro atoms. The van der Waals surface area contributed by atoms with E-state index in [9.17, 15) is 4.39 Å². The van der Waals surface area contributed by atoms with Crippen LogP contribution in [0.4, 0.5) is 4.39 Å². The molecule has 1 N–H and O–H groups in total. The first-order chi connectivity index (χ1) is 12.7. The third-order valence-electron chi connectivity index (χ3n) is 4.97. The number of benzene rings is 2. The van der Waals surface area contributed by atoms with Gasteiger partial charge in [0.05, 0.1) is 5.02 Å². The molecule has 1 atom stereocenters. The molecule has 1 fully saturated rings. The van der Waals surface area contributed by atoms with Gasteiger partial charge in [-0.3, -0.25) is 4.90 Å². The summed E-state index contributed by atoms with van der Waals surface area (Å²) in [5.74, 6) is 0.496. The Morgan fingerprint density at radius 2 is 2.08 bits per heavy atom. The largest absolute Gasteiger partial charge is 0.489 e. The first kappa shape index (κ1) is 19.2. The highest BCUT2D eigenvalue weighted by Gasteiger charge is 2.22. The van der Waals surface area contributed by atoms with Gasteiger partial charge in [-0.15, -0.1) is 0 Å². The first-order valence-electron chi connectivity index (χ1n) is 9.26. The monoisotopic (exact) mass is 376 g/mol. The summed E-state index contributed by atoms with van der Waals surface area (Å²) in [6, 6.07) is 13.0. The predicted octanol–water partition coefficient (Wildman–Crippen LogP) is 4.63. The maximum absolute atomic E-state index is 13.2. The van der Waals surface area contributed by atoms with Crippen LogP contribution in [-0.2, 0) is 13.2 Å². The van der Waals surface area contributed by atoms with E-state index in [2.05, 4.69) is 23.2 Å². The Morgan fingerprint density at radius 1 is 1.23 bits per heavy atom. The lowest BCUT2D eigenvalue weighted by molar-refractivity contribution is 0.259. The fourth-order valence-electron chi connectivity index (χ4n) is 3.50. The number of rotatable bonds is 8. The zero-order valence-corrected chi connectivity index (χ0v) is 15.9. The number of ether oxygens (including phenoxy) is 1. The second kappa shape index (κ2) is 9.36. The van der Waals surface area contributed by atoms with Crippen molar-refractivity contribution in [2.45, 2.75) is 39.0 Å². The van der Waals surface area contributed by atoms with Crippen LogP contribution < -0.4 is 10.1 Å². The molecule has 1 saturated heterocycles. The molecule has 0 saturated carbocycles. The molecule has 3 rings (SSSR count). The number of likely N-dealkylation sites (tertiary alicyclic amines) is 1. The number of likely N-dealkylation sites (N-methyl/N-ethyl adjacent to an activating group) is 1. The summed E-state index contributed by atoms with van der Waals surface area (Å²) in [6.45, 7) is 6.63. The van der Waals surface area contributed by atoms with Crippen molar-refractivity contribution >= 4 is 11.6 Å². The van der Waals surface area contributed by atoms with Gasteiger partial charge in [-0.05, 0) is 44.1 Å². The number of hydrogen-bond donors (Lipinski definition) is 1. The highest BCUT2D eigenvalue weighted by Crippen LogP contribution is 2.23. The van der Waals surface area contributed by atoms with Crippen molar-refractivity contribution in [1.82, 2.24) is 10.2 Å². The Labute approximate surface area is 160 Å². The summed E-state index contributed by atoms with van der Waals surface area (Å²) in [7, 11) is 0. The Bertz CT molecular complexity index is 725. The molecule has 1 heterocycles. The molecule has 2 aromatic carbocycles. The van der Waals surface area contributed by atoms with Crippen LogP contribution in [0.2, 0.25) is 5.02 Å². The lowest BCUT2D eigenvalue weighted by atomic mass is 10.1. The van der Waals surface area contributed by atoms with Gasteiger partial charge in [0.15, 0.2) is 0 Å². The van der Waals surface area contributed by atoms with Crippen molar-refractivity contribution < 1.29 is 9.13 Å². The van der Waals surface area contributed by atoms with Crippen LogP contribution in [-0.4, -0.2) is 30.6 Å². The van der Waals surface area contributed by atoms with Crippen molar-refractivity contribution in [2.75, 3.05) is 19.6 Å². The van der Waals surface area contributed by atoms with Crippen molar-refractivity contribution in [1.29, 1.82) is 0 Å². The quantitative estimate of drug-likeness (QED) is 0.726. The first-order valence-corrected chi connectivity index (χ1v) is 9.64. The molecule has 1 aliphatic heterocycles. The van der Waals surface area contributed by atoms with Gasteiger partial charge >= 0.3 is 0 Å². The van der Waals surface area contributed by atoms with Crippen LogP contribution in [0.1, 0.15) is 30.9 Å². The molecule has 0 radical (unpaired) electrons. The third-order valence-corrected chi connectivity index (χ3v) is 5.32. The van der Waals surface area contributed by atoms with Gasteiger partial charge in [-0.1, -0.05) is 42.8 Å². The van der Waals surface area contributed by atoms with Crippen molar-refractivity contribution in [3.8, 4) is 5.75 Å². The lowest BCUT2D eigenvalue weighted by Gasteiger charge is -2.23. The van der Waals surface area contributed by atoms with Crippen molar-refractivity contribution in [2.24, 2.45) is 0 Å². The maximum Gasteiger partial charge on any atom is 0.124 e. The Kier molecular flexibility index (Phi) is 6.89. The van der Waals surface area contributed by atoms with E-state index in [1.807, 2.05) is 18.2 Å². The summed E-state index contributed by atoms with van der Waals surface area (Å²) < 4.78 is 19.1. The average molecular weight is 377 g/mol. The number of hydrogen-bond acceptors (Lipinski definition) is 3. The van der Waals surface area contributed by atoms with Gasteiger partial charge < -0.3 is 10.1 Å². The molecule has 26 heavy (non-hydrogen) atoms. The summed E-state index contributed by atoms with van der Waals surface area (Å²) in [6.07, 6.45) is 2.56. The fraction of sp³-hybridized carbons (Fsp3) is 0.429. The third kappa shape index (κ3) is 4.97. The van der Waals surface area contributed by atoms with Crippen LogP contribution in [0, 0.1) is 5.82 Å². The van der Waals surface area contributed by atoms with Crippen molar-refractivity contribution in [3.05, 3.63) is 64.4 Å². The average Bonchev–Trinajstić information content (AvgIpc) is 3.09. The molecular formula is C21H26ClFN2O. The van der Waals surface area contributed by atoms with E-state index in [1.54, 1.807) is 6.07 Å². The van der Waals surface area contributed by atoms with Crippen LogP contribution in [0.3, 0.4) is 0 Å². The van der Waals surface area contributed by atoms with Crippen LogP contribution >= 0.6 is 11.6 Å². The fourth-order valence-corrected chi connectivity index (χ4v) is 3.72. The van der Waals surface area contributed by atoms with Gasteiger partial charge in [0.1, 0.15) is 18.2 Å². The van der Waals surface area contributed by atoms with E-state index in [1.165, 1.54) is 31.5 Å². The molecule has 3 nitrogen and oxygen atoms in total. The number of halogens is 2. The van der Waals surface area contributed by atoms with Gasteiger partial charge in [0, 0.05) is 30.3 Å². The van der Waals surface area contributed by atoms with Gasteiger partial charge in [0.25, 0.3) is 0 Å². The van der Waals surface area contributed by atoms with Gasteiger partial charge in [0.2, 0.25) is 0 Å². The molecule has 5 heteroatoms. The van der Waals surface area contributed by atoms with E-state index < -0.39 is 0 Å². The number of para-hydroxylation sites is 1. The summed E-state index contributed by atoms with van der Waals surface area (Å²) in [5.41, 5.74) is 1.90. The summed E-state index contributed by atoms with van der Waals surface area (Å²) in [5, 5.41) is 3.96. The molecule has 1 unspecified atom stereocenters. The number of nitrogens with one attached hydrogen (secondary N) is 1. The zero-order chi connectivity index (χ0) is 18.4. The Balaban J connectivity index is 1.56. The normalized spacial score (nSPS) is 17.6. The molecule has 0 bridgehead atoms. The smallest absolute Gasteiger partial charge is 0.124 e. The zero-order valence-electron chi connectivity index (χ0n) is 15.2. The van der Waals surface area contributed by atoms with Crippen LogP contribution in [0.25, 0.3) is 0 Å². The topological polar surface area (TPSA) is 24.5 Å². The molecular weight excluding hydrogens is 351 g/mol. The Morgan fingerprint density at radius 3 is 2.88 bits per heavy atom. The lowest BCUT2D eigenvalue weighted by Crippen LogP contribution is -2.37. The standard InChI is InChI=1S/C21H26ClFN2O/c1-2-25-11-5-7-19(25)14-24-13-16-6-3-4-8-21(16)26-15-17-9-10-18(23)12-20(17)22/h3-4,6,8-10,12,19,24H,2,5,7,11,13-15H2,1H3. The van der Waals surface area contributed by atoms with E-state index in [4.69, 9.17) is 16.3 Å². The molecule has 1 aliphatic rings. The highest BCUT2D eigenvalue weighted by molar-refractivity contribution is 6.31. The Hall–Kier alpha value is -1.62. The predicted molar refractivity (Wildman–Crippen MR) is 104 cm³/mol. The molecule has 2 aromatic rings. The minimum atomic E-state index is -0.337. The highest BCUT2D eigenvalue weighted by atomic mass is 35.5. The molecule has 0 aliphatic carbocycles. The van der Waals surface area contributed by atoms with Gasteiger partial charge in [-0.2, -0.15) is 0 Å². The van der Waals surface area contributed by atoms with Crippen molar-refractivity contribution in [3.63, 3.8) is 0 Å². The molecule has 0 amide bonds. The summed E-state index contributed by atoms with van der Waals surface area (Å²) >= 11 is 6.08. The molecule has 140 valence electrons. The van der Waals surface area contributed by atoms with Gasteiger partial charge in [-0.25, -0.2) is 4.39 Å². The van der Waals surface area contributed by atoms with Crippen LogP contribution in [0.15, 0.2) is 42.5 Å². The van der Waals surface area contributed by atoms with E-state index in [0.717, 1.165) is 36.5 Å². The van der Waals surface area contributed by atoms with Crippen LogP contribution in [0.5, 0.6) is 5.75 Å². The second-order valence-electron chi connectivity index (χ2n) is 6.69. The minimum Gasteiger partial charge on any atom is -0.489 e. The van der Waals surface area contributed by atoms with E-state index >= 15 is 0 Å². The SMILES string of the molecule is CCN1CCCC1CNCc1ccccc1OCc1ccc(F)cc1Cl. The second-order valence-corrected chi connectivity index (χ2v) is 7.09. The van der Waals surface area contributed by atoms with E-state index in [0.29, 0.717) is 17.7 Å². The van der Waals surface area contributed by atoms with E-state index in [-0.39, 0.29) is 5.82 Å². The summed E-state index contributed by atoms with van der Waals surface area (Å²) in [4.78, 5) is 2.53. The maximum atomic E-state index is 13.2. The number of nitrogens with zero attached hydrogens (tertiary/aromatic N) is 1.